The molecular formula is C21H28O2. The fourth-order valence-electron chi connectivity index (χ4n) is 6.73. The predicted molar refractivity (Wildman–Crippen MR) is 90.8 cm³/mol. The zero-order valence-electron chi connectivity index (χ0n) is 14.6. The molecule has 0 saturated heterocycles. The maximum absolute atomic E-state index is 12.1. The molecule has 4 rings (SSSR count). The molecule has 6 atom stereocenters. The lowest BCUT2D eigenvalue weighted by molar-refractivity contribution is -0.127. The molecule has 2 nitrogen and oxygen atoms in total. The largest absolute Gasteiger partial charge is 0.300 e. The Morgan fingerprint density at radius 2 is 1.96 bits per heavy atom. The standard InChI is InChI=1S/C21H28O2/c1-13(22)17-8-9-18-16-7-5-14-4-6-15(23)12-21(14,3)19(16)10-11-20(17,18)2/h4-5,7,16-19H,6,8-12H2,1-3H3/t16-,17+,18-,19-,20+,21-/m0/s1. The Bertz CT molecular complexity index is 628. The average Bonchev–Trinajstić information content (AvgIpc) is 2.83. The van der Waals surface area contributed by atoms with Crippen LogP contribution in [0, 0.1) is 34.5 Å². The summed E-state index contributed by atoms with van der Waals surface area (Å²) in [5.41, 5.74) is 1.60. The molecule has 0 aromatic carbocycles. The summed E-state index contributed by atoms with van der Waals surface area (Å²) in [4.78, 5) is 24.2. The Hall–Kier alpha value is -1.18. The highest BCUT2D eigenvalue weighted by molar-refractivity contribution is 5.83. The lowest BCUT2D eigenvalue weighted by Gasteiger charge is -2.55. The minimum atomic E-state index is 0.0321. The second-order valence-corrected chi connectivity index (χ2v) is 8.93. The van der Waals surface area contributed by atoms with Crippen molar-refractivity contribution in [3.05, 3.63) is 23.8 Å². The minimum Gasteiger partial charge on any atom is -0.300 e. The SMILES string of the molecule is CC(=O)[C@H]1CC[C@H]2[C@@H]3C=CC4=CCC(=O)C[C@]4(C)[C@H]3CC[C@]12C. The van der Waals surface area contributed by atoms with Crippen LogP contribution in [0.3, 0.4) is 0 Å². The van der Waals surface area contributed by atoms with E-state index in [1.54, 1.807) is 6.92 Å². The van der Waals surface area contributed by atoms with Gasteiger partial charge in [-0.3, -0.25) is 9.59 Å². The number of Topliss-reactive ketones (excluding diaryl/α,β-unsaturated/α-hetero) is 2. The van der Waals surface area contributed by atoms with E-state index in [1.807, 2.05) is 0 Å². The van der Waals surface area contributed by atoms with Crippen LogP contribution in [0.4, 0.5) is 0 Å². The van der Waals surface area contributed by atoms with E-state index in [-0.39, 0.29) is 16.7 Å². The Kier molecular flexibility index (Phi) is 3.28. The number of hydrogen-bond donors (Lipinski definition) is 0. The molecule has 0 N–H and O–H groups in total. The molecule has 0 spiro atoms. The van der Waals surface area contributed by atoms with Crippen molar-refractivity contribution in [2.75, 3.05) is 0 Å². The van der Waals surface area contributed by atoms with E-state index in [2.05, 4.69) is 32.1 Å². The summed E-state index contributed by atoms with van der Waals surface area (Å²) < 4.78 is 0. The van der Waals surface area contributed by atoms with Gasteiger partial charge in [0.25, 0.3) is 0 Å². The highest BCUT2D eigenvalue weighted by Crippen LogP contribution is 2.65. The Balaban J connectivity index is 1.72. The monoisotopic (exact) mass is 312 g/mol. The van der Waals surface area contributed by atoms with Crippen molar-refractivity contribution in [3.63, 3.8) is 0 Å². The highest BCUT2D eigenvalue weighted by atomic mass is 16.1. The van der Waals surface area contributed by atoms with Gasteiger partial charge in [-0.15, -0.1) is 0 Å². The van der Waals surface area contributed by atoms with Crippen molar-refractivity contribution in [2.45, 2.75) is 59.3 Å². The van der Waals surface area contributed by atoms with Gasteiger partial charge in [-0.25, -0.2) is 0 Å². The topological polar surface area (TPSA) is 34.1 Å². The van der Waals surface area contributed by atoms with E-state index in [4.69, 9.17) is 0 Å². The van der Waals surface area contributed by atoms with E-state index in [1.165, 1.54) is 12.0 Å². The summed E-state index contributed by atoms with van der Waals surface area (Å²) >= 11 is 0. The zero-order valence-corrected chi connectivity index (χ0v) is 14.6. The number of ketones is 2. The van der Waals surface area contributed by atoms with Gasteiger partial charge in [0, 0.05) is 24.2 Å². The second kappa shape index (κ2) is 4.91. The van der Waals surface area contributed by atoms with Gasteiger partial charge in [0.2, 0.25) is 0 Å². The summed E-state index contributed by atoms with van der Waals surface area (Å²) in [5, 5.41) is 0. The summed E-state index contributed by atoms with van der Waals surface area (Å²) in [5.74, 6) is 2.76. The molecule has 0 heterocycles. The van der Waals surface area contributed by atoms with Crippen LogP contribution in [0.5, 0.6) is 0 Å². The first-order valence-electron chi connectivity index (χ1n) is 9.27. The maximum Gasteiger partial charge on any atom is 0.137 e. The lowest BCUT2D eigenvalue weighted by atomic mass is 9.48. The van der Waals surface area contributed by atoms with Crippen molar-refractivity contribution in [3.8, 4) is 0 Å². The summed E-state index contributed by atoms with van der Waals surface area (Å²) in [6, 6.07) is 0. The van der Waals surface area contributed by atoms with Crippen molar-refractivity contribution in [2.24, 2.45) is 34.5 Å². The smallest absolute Gasteiger partial charge is 0.137 e. The van der Waals surface area contributed by atoms with Crippen LogP contribution in [0.25, 0.3) is 0 Å². The van der Waals surface area contributed by atoms with Crippen LogP contribution in [-0.2, 0) is 9.59 Å². The quantitative estimate of drug-likeness (QED) is 0.714. The molecule has 4 aliphatic carbocycles. The van der Waals surface area contributed by atoms with Gasteiger partial charge in [0.1, 0.15) is 11.6 Å². The van der Waals surface area contributed by atoms with Gasteiger partial charge in [-0.1, -0.05) is 32.1 Å². The number of rotatable bonds is 1. The number of carbonyl (C=O) groups is 2. The third kappa shape index (κ3) is 1.99. The van der Waals surface area contributed by atoms with Gasteiger partial charge in [0.15, 0.2) is 0 Å². The Morgan fingerprint density at radius 3 is 2.70 bits per heavy atom. The van der Waals surface area contributed by atoms with Crippen LogP contribution in [0.15, 0.2) is 23.8 Å². The van der Waals surface area contributed by atoms with E-state index < -0.39 is 0 Å². The number of fused-ring (bicyclic) bond motifs is 5. The number of hydrogen-bond acceptors (Lipinski definition) is 2. The maximum atomic E-state index is 12.1. The molecule has 0 radical (unpaired) electrons. The van der Waals surface area contributed by atoms with E-state index >= 15 is 0 Å². The van der Waals surface area contributed by atoms with Crippen LogP contribution in [0.2, 0.25) is 0 Å². The summed E-state index contributed by atoms with van der Waals surface area (Å²) in [6.45, 7) is 6.46. The molecular weight excluding hydrogens is 284 g/mol. The van der Waals surface area contributed by atoms with Gasteiger partial charge in [-0.2, -0.15) is 0 Å². The number of carbonyl (C=O) groups excluding carboxylic acids is 2. The first kappa shape index (κ1) is 15.4. The molecule has 0 unspecified atom stereocenters. The zero-order chi connectivity index (χ0) is 16.4. The first-order chi connectivity index (χ1) is 10.9. The van der Waals surface area contributed by atoms with E-state index in [0.717, 1.165) is 19.3 Å². The first-order valence-corrected chi connectivity index (χ1v) is 9.27. The van der Waals surface area contributed by atoms with Crippen LogP contribution in [-0.4, -0.2) is 11.6 Å². The fourth-order valence-corrected chi connectivity index (χ4v) is 6.73. The summed E-state index contributed by atoms with van der Waals surface area (Å²) in [7, 11) is 0. The molecule has 0 amide bonds. The molecule has 124 valence electrons. The van der Waals surface area contributed by atoms with Crippen molar-refractivity contribution >= 4 is 11.6 Å². The van der Waals surface area contributed by atoms with Crippen LogP contribution < -0.4 is 0 Å². The molecule has 2 saturated carbocycles. The number of allylic oxidation sites excluding steroid dienone is 4. The third-order valence-electron chi connectivity index (χ3n) is 7.91. The fraction of sp³-hybridized carbons (Fsp3) is 0.714. The van der Waals surface area contributed by atoms with Gasteiger partial charge < -0.3 is 0 Å². The molecule has 2 heteroatoms. The molecule has 0 aromatic heterocycles. The Labute approximate surface area is 139 Å². The normalized spacial score (nSPS) is 48.3. The van der Waals surface area contributed by atoms with E-state index in [0.29, 0.717) is 42.2 Å². The van der Waals surface area contributed by atoms with E-state index in [9.17, 15) is 9.59 Å². The lowest BCUT2D eigenvalue weighted by Crippen LogP contribution is -2.49. The highest BCUT2D eigenvalue weighted by Gasteiger charge is 2.58. The predicted octanol–water partition coefficient (Wildman–Crippen LogP) is 4.50. The molecule has 4 aliphatic rings. The van der Waals surface area contributed by atoms with Gasteiger partial charge in [0.05, 0.1) is 0 Å². The van der Waals surface area contributed by atoms with Crippen LogP contribution in [0.1, 0.15) is 59.3 Å². The molecule has 0 bridgehead atoms. The molecule has 23 heavy (non-hydrogen) atoms. The van der Waals surface area contributed by atoms with Crippen molar-refractivity contribution in [1.29, 1.82) is 0 Å². The van der Waals surface area contributed by atoms with Crippen LogP contribution >= 0.6 is 0 Å². The van der Waals surface area contributed by atoms with Crippen molar-refractivity contribution in [1.82, 2.24) is 0 Å². The van der Waals surface area contributed by atoms with Crippen molar-refractivity contribution < 1.29 is 9.59 Å². The average molecular weight is 312 g/mol. The molecule has 0 aliphatic heterocycles. The van der Waals surface area contributed by atoms with Gasteiger partial charge >= 0.3 is 0 Å². The third-order valence-corrected chi connectivity index (χ3v) is 7.91. The molecule has 0 aromatic rings. The Morgan fingerprint density at radius 1 is 1.17 bits per heavy atom. The summed E-state index contributed by atoms with van der Waals surface area (Å²) in [6.07, 6.45) is 12.8. The second-order valence-electron chi connectivity index (χ2n) is 8.93. The minimum absolute atomic E-state index is 0.0321. The van der Waals surface area contributed by atoms with Gasteiger partial charge in [-0.05, 0) is 61.3 Å². The molecule has 2 fully saturated rings.